The van der Waals surface area contributed by atoms with Crippen LogP contribution >= 0.6 is 0 Å². The van der Waals surface area contributed by atoms with Crippen LogP contribution in [0.5, 0.6) is 0 Å². The summed E-state index contributed by atoms with van der Waals surface area (Å²) in [6.07, 6.45) is 0.987. The minimum absolute atomic E-state index is 0. The van der Waals surface area contributed by atoms with Crippen LogP contribution in [-0.2, 0) is 36.2 Å². The molecular formula is C26H21Cl2OTi. The zero-order valence-electron chi connectivity index (χ0n) is 16.9. The van der Waals surface area contributed by atoms with E-state index in [1.165, 1.54) is 49.7 Å². The fourth-order valence-corrected chi connectivity index (χ4v) is 4.76. The fraction of sp³-hybridized carbons (Fsp3) is 0.154. The Hall–Kier alpha value is -1.61. The van der Waals surface area contributed by atoms with Crippen LogP contribution in [0, 0.1) is 0 Å². The van der Waals surface area contributed by atoms with E-state index < -0.39 is 0 Å². The van der Waals surface area contributed by atoms with Gasteiger partial charge in [-0.15, -0.1) is 0 Å². The van der Waals surface area contributed by atoms with E-state index in [4.69, 9.17) is 3.32 Å². The van der Waals surface area contributed by atoms with Crippen LogP contribution in [0.25, 0.3) is 33.0 Å². The van der Waals surface area contributed by atoms with E-state index in [9.17, 15) is 0 Å². The van der Waals surface area contributed by atoms with Crippen molar-refractivity contribution in [3.8, 4) is 22.3 Å². The molecule has 0 atom stereocenters. The molecule has 0 aliphatic heterocycles. The molecule has 0 bridgehead atoms. The van der Waals surface area contributed by atoms with Gasteiger partial charge in [-0.25, -0.2) is 0 Å². The first kappa shape index (κ1) is 23.1. The molecule has 5 rings (SSSR count). The third-order valence-corrected chi connectivity index (χ3v) is 6.72. The second kappa shape index (κ2) is 8.87. The van der Waals surface area contributed by atoms with Gasteiger partial charge in [0.05, 0.1) is 0 Å². The van der Waals surface area contributed by atoms with Crippen LogP contribution in [-0.4, -0.2) is 0 Å². The Kier molecular flexibility index (Phi) is 6.82. The Bertz CT molecular complexity index is 1220. The molecule has 4 aromatic rings. The summed E-state index contributed by atoms with van der Waals surface area (Å²) < 4.78 is 5.98. The van der Waals surface area contributed by atoms with Gasteiger partial charge in [0.15, 0.2) is 0 Å². The Labute approximate surface area is 202 Å². The first-order valence-electron chi connectivity index (χ1n) is 9.67. The van der Waals surface area contributed by atoms with Crippen LogP contribution in [0.1, 0.15) is 30.5 Å². The normalized spacial score (nSPS) is 12.0. The maximum absolute atomic E-state index is 5.98. The second-order valence-electron chi connectivity index (χ2n) is 7.99. The van der Waals surface area contributed by atoms with Crippen molar-refractivity contribution in [3.05, 3.63) is 95.6 Å². The molecular weight excluding hydrogens is 447 g/mol. The topological polar surface area (TPSA) is 9.23 Å². The molecule has 1 aliphatic rings. The van der Waals surface area contributed by atoms with Crippen LogP contribution in [0.3, 0.4) is 0 Å². The predicted octanol–water partition coefficient (Wildman–Crippen LogP) is 0.800. The van der Waals surface area contributed by atoms with Crippen LogP contribution in [0.15, 0.2) is 78.9 Å². The van der Waals surface area contributed by atoms with Crippen LogP contribution < -0.4 is 24.8 Å². The van der Waals surface area contributed by atoms with Crippen molar-refractivity contribution in [1.29, 1.82) is 0 Å². The van der Waals surface area contributed by atoms with Gasteiger partial charge in [-0.1, -0.05) is 0 Å². The van der Waals surface area contributed by atoms with Gasteiger partial charge in [0, 0.05) is 0 Å². The predicted molar refractivity (Wildman–Crippen MR) is 112 cm³/mol. The maximum Gasteiger partial charge on any atom is -1.00 e. The van der Waals surface area contributed by atoms with E-state index in [0.29, 0.717) is 0 Å². The zero-order valence-corrected chi connectivity index (χ0v) is 20.0. The maximum atomic E-state index is 5.98. The number of rotatable bonds is 3. The SMILES string of the molecule is CC(C)([O][Ti+2])c1c(-c2cccc3c2Cc2ccccc2-3)ccc2ccccc12.[Cl-].[Cl-]. The Morgan fingerprint density at radius 2 is 1.33 bits per heavy atom. The summed E-state index contributed by atoms with van der Waals surface area (Å²) in [4.78, 5) is 0. The molecule has 30 heavy (non-hydrogen) atoms. The van der Waals surface area contributed by atoms with Gasteiger partial charge in [-0.3, -0.25) is 0 Å². The molecule has 0 N–H and O–H groups in total. The van der Waals surface area contributed by atoms with Crippen molar-refractivity contribution in [1.82, 2.24) is 0 Å². The monoisotopic (exact) mass is 467 g/mol. The van der Waals surface area contributed by atoms with Gasteiger partial charge in [0.2, 0.25) is 0 Å². The molecule has 0 spiro atoms. The minimum Gasteiger partial charge on any atom is -1.00 e. The van der Waals surface area contributed by atoms with Crippen molar-refractivity contribution in [2.75, 3.05) is 0 Å². The van der Waals surface area contributed by atoms with Crippen molar-refractivity contribution in [2.24, 2.45) is 0 Å². The summed E-state index contributed by atoms with van der Waals surface area (Å²) in [5.41, 5.74) is 9.04. The molecule has 1 nitrogen and oxygen atoms in total. The molecule has 0 aromatic heterocycles. The molecule has 0 saturated carbocycles. The number of hydrogen-bond acceptors (Lipinski definition) is 1. The van der Waals surface area contributed by atoms with Gasteiger partial charge in [-0.2, -0.15) is 0 Å². The van der Waals surface area contributed by atoms with Crippen LogP contribution in [0.4, 0.5) is 0 Å². The summed E-state index contributed by atoms with van der Waals surface area (Å²) in [5.74, 6) is 0. The quantitative estimate of drug-likeness (QED) is 0.357. The van der Waals surface area contributed by atoms with E-state index in [-0.39, 0.29) is 30.4 Å². The van der Waals surface area contributed by atoms with E-state index >= 15 is 0 Å². The first-order chi connectivity index (χ1) is 13.6. The molecule has 149 valence electrons. The third kappa shape index (κ3) is 3.64. The summed E-state index contributed by atoms with van der Waals surface area (Å²) >= 11 is 1.80. The molecule has 0 heterocycles. The Morgan fingerprint density at radius 3 is 2.10 bits per heavy atom. The van der Waals surface area contributed by atoms with Gasteiger partial charge >= 0.3 is 179 Å². The fourth-order valence-electron chi connectivity index (χ4n) is 4.61. The number of halogens is 2. The van der Waals surface area contributed by atoms with Gasteiger partial charge < -0.3 is 24.8 Å². The molecule has 0 fully saturated rings. The molecule has 0 unspecified atom stereocenters. The number of hydrogen-bond donors (Lipinski definition) is 0. The third-order valence-electron chi connectivity index (χ3n) is 5.93. The largest absolute Gasteiger partial charge is 1.00 e. The first-order valence-corrected chi connectivity index (χ1v) is 10.3. The number of fused-ring (bicyclic) bond motifs is 4. The molecule has 0 amide bonds. The van der Waals surface area contributed by atoms with E-state index in [2.05, 4.69) is 92.7 Å². The molecule has 4 heteroatoms. The molecule has 1 aliphatic carbocycles. The van der Waals surface area contributed by atoms with E-state index in [1.807, 2.05) is 0 Å². The Balaban J connectivity index is 0.00000128. The van der Waals surface area contributed by atoms with Gasteiger partial charge in [-0.05, 0) is 0 Å². The van der Waals surface area contributed by atoms with E-state index in [0.717, 1.165) is 6.42 Å². The van der Waals surface area contributed by atoms with Crippen molar-refractivity contribution >= 4 is 10.8 Å². The van der Waals surface area contributed by atoms with Crippen molar-refractivity contribution in [3.63, 3.8) is 0 Å². The average Bonchev–Trinajstić information content (AvgIpc) is 3.11. The van der Waals surface area contributed by atoms with Gasteiger partial charge in [0.1, 0.15) is 0 Å². The number of benzene rings is 4. The van der Waals surface area contributed by atoms with Crippen molar-refractivity contribution in [2.45, 2.75) is 25.9 Å². The summed E-state index contributed by atoms with van der Waals surface area (Å²) in [6, 6.07) is 28.6. The molecule has 0 radical (unpaired) electrons. The summed E-state index contributed by atoms with van der Waals surface area (Å²) in [6.45, 7) is 4.33. The average molecular weight is 468 g/mol. The van der Waals surface area contributed by atoms with Crippen LogP contribution in [0.2, 0.25) is 0 Å². The van der Waals surface area contributed by atoms with Crippen molar-refractivity contribution < 1.29 is 49.0 Å². The molecule has 4 aromatic carbocycles. The molecule has 0 saturated heterocycles. The second-order valence-corrected chi connectivity index (χ2v) is 8.31. The summed E-state index contributed by atoms with van der Waals surface area (Å²) in [5, 5.41) is 2.52. The minimum atomic E-state index is -0.385. The standard InChI is InChI=1S/C26H21O.2ClH.Ti/c1-26(2,27)25-20-11-6-3-8-17(20)14-15-23(25)22-13-7-12-21-19-10-5-4-9-18(19)16-24(21)22;;;/h3-15H,16H2,1-2H3;2*1H;/q-1;;;+3/p-2. The smallest absolute Gasteiger partial charge is 1.00 e. The summed E-state index contributed by atoms with van der Waals surface area (Å²) in [7, 11) is 0. The van der Waals surface area contributed by atoms with Gasteiger partial charge in [0.25, 0.3) is 0 Å². The van der Waals surface area contributed by atoms with E-state index in [1.54, 1.807) is 20.8 Å². The zero-order chi connectivity index (χ0) is 19.3. The Morgan fingerprint density at radius 1 is 0.700 bits per heavy atom.